The van der Waals surface area contributed by atoms with Crippen molar-refractivity contribution < 1.29 is 13.9 Å². The van der Waals surface area contributed by atoms with Crippen molar-refractivity contribution in [2.24, 2.45) is 0 Å². The van der Waals surface area contributed by atoms with Gasteiger partial charge < -0.3 is 9.15 Å². The number of furan rings is 1. The normalized spacial score (nSPS) is 10.7. The maximum absolute atomic E-state index is 12.5. The fourth-order valence-electron chi connectivity index (χ4n) is 2.08. The Bertz CT molecular complexity index is 756. The number of carbonyl (C=O) groups is 1. The predicted octanol–water partition coefficient (Wildman–Crippen LogP) is 4.43. The van der Waals surface area contributed by atoms with Gasteiger partial charge in [-0.3, -0.25) is 4.79 Å². The van der Waals surface area contributed by atoms with Gasteiger partial charge >= 0.3 is 0 Å². The summed E-state index contributed by atoms with van der Waals surface area (Å²) in [4.78, 5) is 12.5. The third kappa shape index (κ3) is 2.23. The molecule has 0 aliphatic heterocycles. The van der Waals surface area contributed by atoms with Gasteiger partial charge in [-0.05, 0) is 30.3 Å². The highest BCUT2D eigenvalue weighted by Gasteiger charge is 2.18. The topological polar surface area (TPSA) is 39.4 Å². The minimum absolute atomic E-state index is 0.189. The van der Waals surface area contributed by atoms with Crippen molar-refractivity contribution in [2.75, 3.05) is 7.11 Å². The van der Waals surface area contributed by atoms with Crippen LogP contribution in [-0.4, -0.2) is 12.9 Å². The van der Waals surface area contributed by atoms with E-state index in [1.54, 1.807) is 24.3 Å². The zero-order valence-corrected chi connectivity index (χ0v) is 12.3. The van der Waals surface area contributed by atoms with E-state index < -0.39 is 0 Å². The van der Waals surface area contributed by atoms with Gasteiger partial charge in [-0.25, -0.2) is 0 Å². The van der Waals surface area contributed by atoms with E-state index in [9.17, 15) is 4.79 Å². The van der Waals surface area contributed by atoms with Gasteiger partial charge in [0, 0.05) is 9.86 Å². The van der Waals surface area contributed by atoms with Gasteiger partial charge in [-0.1, -0.05) is 34.1 Å². The number of rotatable bonds is 3. The molecule has 0 unspecified atom stereocenters. The molecule has 100 valence electrons. The average molecular weight is 331 g/mol. The van der Waals surface area contributed by atoms with E-state index in [0.717, 1.165) is 9.86 Å². The highest BCUT2D eigenvalue weighted by molar-refractivity contribution is 9.10. The van der Waals surface area contributed by atoms with Crippen LogP contribution in [0.2, 0.25) is 0 Å². The van der Waals surface area contributed by atoms with Crippen LogP contribution in [0.15, 0.2) is 57.4 Å². The largest absolute Gasteiger partial charge is 0.496 e. The van der Waals surface area contributed by atoms with Crippen LogP contribution in [0.4, 0.5) is 0 Å². The highest BCUT2D eigenvalue weighted by Crippen LogP contribution is 2.28. The molecule has 3 aromatic rings. The van der Waals surface area contributed by atoms with Gasteiger partial charge in [0.05, 0.1) is 12.7 Å². The van der Waals surface area contributed by atoms with Gasteiger partial charge in [-0.15, -0.1) is 0 Å². The lowest BCUT2D eigenvalue weighted by molar-refractivity contribution is 0.101. The second kappa shape index (κ2) is 5.13. The molecule has 0 radical (unpaired) electrons. The zero-order valence-electron chi connectivity index (χ0n) is 10.7. The number of ketones is 1. The number of para-hydroxylation sites is 1. The Balaban J connectivity index is 2.08. The highest BCUT2D eigenvalue weighted by atomic mass is 79.9. The molecule has 0 spiro atoms. The smallest absolute Gasteiger partial charge is 0.231 e. The van der Waals surface area contributed by atoms with E-state index in [4.69, 9.17) is 9.15 Å². The molecule has 0 amide bonds. The molecule has 0 bridgehead atoms. The molecule has 2 aromatic carbocycles. The Morgan fingerprint density at radius 3 is 2.70 bits per heavy atom. The third-order valence-electron chi connectivity index (χ3n) is 3.06. The molecule has 3 rings (SSSR count). The maximum Gasteiger partial charge on any atom is 0.231 e. The van der Waals surface area contributed by atoms with Crippen LogP contribution in [0.3, 0.4) is 0 Å². The van der Waals surface area contributed by atoms with Gasteiger partial charge in [0.25, 0.3) is 0 Å². The Morgan fingerprint density at radius 2 is 1.95 bits per heavy atom. The average Bonchev–Trinajstić information content (AvgIpc) is 2.90. The molecule has 0 saturated heterocycles. The monoisotopic (exact) mass is 330 g/mol. The van der Waals surface area contributed by atoms with E-state index in [2.05, 4.69) is 15.9 Å². The Labute approximate surface area is 124 Å². The Morgan fingerprint density at radius 1 is 1.15 bits per heavy atom. The molecule has 1 heterocycles. The predicted molar refractivity (Wildman–Crippen MR) is 80.3 cm³/mol. The molecule has 20 heavy (non-hydrogen) atoms. The summed E-state index contributed by atoms with van der Waals surface area (Å²) in [6.45, 7) is 0. The van der Waals surface area contributed by atoms with Crippen molar-refractivity contribution >= 4 is 32.7 Å². The first-order chi connectivity index (χ1) is 9.69. The van der Waals surface area contributed by atoms with Gasteiger partial charge in [-0.2, -0.15) is 0 Å². The van der Waals surface area contributed by atoms with Crippen molar-refractivity contribution in [1.82, 2.24) is 0 Å². The first-order valence-corrected chi connectivity index (χ1v) is 6.85. The van der Waals surface area contributed by atoms with Crippen LogP contribution in [0.5, 0.6) is 5.75 Å². The lowest BCUT2D eigenvalue weighted by Crippen LogP contribution is -2.02. The molecule has 0 fully saturated rings. The summed E-state index contributed by atoms with van der Waals surface area (Å²) in [5.41, 5.74) is 1.18. The molecule has 4 heteroatoms. The molecule has 0 atom stereocenters. The van der Waals surface area contributed by atoms with E-state index in [1.165, 1.54) is 7.11 Å². The Hall–Kier alpha value is -2.07. The second-order valence-corrected chi connectivity index (χ2v) is 5.24. The summed E-state index contributed by atoms with van der Waals surface area (Å²) in [6, 6.07) is 14.6. The molecule has 0 aliphatic rings. The second-order valence-electron chi connectivity index (χ2n) is 4.32. The van der Waals surface area contributed by atoms with Crippen LogP contribution < -0.4 is 4.74 Å². The van der Waals surface area contributed by atoms with Crippen molar-refractivity contribution in [2.45, 2.75) is 0 Å². The summed E-state index contributed by atoms with van der Waals surface area (Å²) in [5, 5.41) is 0.909. The summed E-state index contributed by atoms with van der Waals surface area (Å²) >= 11 is 3.36. The standard InChI is InChI=1S/C16H11BrO3/c1-19-14-9-11(17)6-7-12(14)16(18)15-8-10-4-2-3-5-13(10)20-15/h2-9H,1H3. The lowest BCUT2D eigenvalue weighted by atomic mass is 10.1. The first kappa shape index (κ1) is 12.9. The molecule has 0 aliphatic carbocycles. The molecule has 1 aromatic heterocycles. The summed E-state index contributed by atoms with van der Waals surface area (Å²) < 4.78 is 11.7. The van der Waals surface area contributed by atoms with Crippen molar-refractivity contribution in [3.05, 3.63) is 64.3 Å². The number of methoxy groups -OCH3 is 1. The van der Waals surface area contributed by atoms with Gasteiger partial charge in [0.2, 0.25) is 5.78 Å². The summed E-state index contributed by atoms with van der Waals surface area (Å²) in [6.07, 6.45) is 0. The van der Waals surface area contributed by atoms with Crippen molar-refractivity contribution in [3.8, 4) is 5.75 Å². The van der Waals surface area contributed by atoms with E-state index in [0.29, 0.717) is 22.7 Å². The molecular weight excluding hydrogens is 320 g/mol. The first-order valence-electron chi connectivity index (χ1n) is 6.06. The minimum Gasteiger partial charge on any atom is -0.496 e. The van der Waals surface area contributed by atoms with Crippen molar-refractivity contribution in [3.63, 3.8) is 0 Å². The van der Waals surface area contributed by atoms with Crippen LogP contribution in [-0.2, 0) is 0 Å². The van der Waals surface area contributed by atoms with Crippen LogP contribution in [0.25, 0.3) is 11.0 Å². The van der Waals surface area contributed by atoms with Crippen LogP contribution in [0.1, 0.15) is 16.1 Å². The van der Waals surface area contributed by atoms with Crippen molar-refractivity contribution in [1.29, 1.82) is 0 Å². The number of halogens is 1. The number of carbonyl (C=O) groups excluding carboxylic acids is 1. The fraction of sp³-hybridized carbons (Fsp3) is 0.0625. The fourth-order valence-corrected chi connectivity index (χ4v) is 2.42. The van der Waals surface area contributed by atoms with Gasteiger partial charge in [0.1, 0.15) is 11.3 Å². The number of fused-ring (bicyclic) bond motifs is 1. The number of benzene rings is 2. The maximum atomic E-state index is 12.5. The van der Waals surface area contributed by atoms with E-state index in [-0.39, 0.29) is 5.78 Å². The molecular formula is C16H11BrO3. The van der Waals surface area contributed by atoms with E-state index >= 15 is 0 Å². The molecule has 3 nitrogen and oxygen atoms in total. The summed E-state index contributed by atoms with van der Waals surface area (Å²) in [7, 11) is 1.54. The van der Waals surface area contributed by atoms with E-state index in [1.807, 2.05) is 24.3 Å². The Kier molecular flexibility index (Phi) is 3.32. The third-order valence-corrected chi connectivity index (χ3v) is 3.55. The quantitative estimate of drug-likeness (QED) is 0.666. The number of ether oxygens (including phenoxy) is 1. The number of hydrogen-bond donors (Lipinski definition) is 0. The SMILES string of the molecule is COc1cc(Br)ccc1C(=O)c1cc2ccccc2o1. The molecule has 0 N–H and O–H groups in total. The molecule has 0 saturated carbocycles. The van der Waals surface area contributed by atoms with Gasteiger partial charge in [0.15, 0.2) is 5.76 Å². The minimum atomic E-state index is -0.189. The number of hydrogen-bond acceptors (Lipinski definition) is 3. The van der Waals surface area contributed by atoms with Crippen LogP contribution in [0, 0.1) is 0 Å². The summed E-state index contributed by atoms with van der Waals surface area (Å²) in [5.74, 6) is 0.641. The zero-order chi connectivity index (χ0) is 14.1. The van der Waals surface area contributed by atoms with Crippen LogP contribution >= 0.6 is 15.9 Å². The lowest BCUT2D eigenvalue weighted by Gasteiger charge is -2.06.